The third-order valence-electron chi connectivity index (χ3n) is 2.88. The molecule has 112 valence electrons. The lowest BCUT2D eigenvalue weighted by molar-refractivity contribution is -0.120. The van der Waals surface area contributed by atoms with Crippen molar-refractivity contribution in [3.8, 4) is 11.5 Å². The zero-order valence-electron chi connectivity index (χ0n) is 12.3. The van der Waals surface area contributed by atoms with E-state index < -0.39 is 4.75 Å². The number of thioether (sulfide) groups is 1. The molecular weight excluding hydrogens is 290 g/mol. The number of nitrogens with zero attached hydrogens (tertiary/aromatic N) is 2. The number of carbonyl (C=O) groups is 1. The molecule has 0 atom stereocenters. The number of benzene rings is 1. The Morgan fingerprint density at radius 2 is 1.95 bits per heavy atom. The van der Waals surface area contributed by atoms with Crippen molar-refractivity contribution in [3.63, 3.8) is 0 Å². The third kappa shape index (κ3) is 3.55. The number of methoxy groups -OCH3 is 2. The fraction of sp³-hybridized carbons (Fsp3) is 0.357. The van der Waals surface area contributed by atoms with Gasteiger partial charge >= 0.3 is 0 Å². The summed E-state index contributed by atoms with van der Waals surface area (Å²) in [4.78, 5) is 11.6. The van der Waals surface area contributed by atoms with Crippen LogP contribution in [0.15, 0.2) is 28.4 Å². The lowest BCUT2D eigenvalue weighted by Gasteiger charge is -2.08. The van der Waals surface area contributed by atoms with E-state index in [2.05, 4.69) is 15.5 Å². The summed E-state index contributed by atoms with van der Waals surface area (Å²) in [5.74, 6) is 1.22. The molecule has 1 aliphatic heterocycles. The number of hydrogen-bond acceptors (Lipinski definition) is 6. The van der Waals surface area contributed by atoms with E-state index in [1.54, 1.807) is 32.6 Å². The molecule has 0 unspecified atom stereocenters. The van der Waals surface area contributed by atoms with Gasteiger partial charge in [0.1, 0.15) is 0 Å². The van der Waals surface area contributed by atoms with Crippen molar-refractivity contribution >= 4 is 29.1 Å². The van der Waals surface area contributed by atoms with Crippen LogP contribution in [0.1, 0.15) is 19.4 Å². The highest BCUT2D eigenvalue weighted by Gasteiger charge is 2.38. The first-order chi connectivity index (χ1) is 9.96. The predicted octanol–water partition coefficient (Wildman–Crippen LogP) is 2.04. The fourth-order valence-corrected chi connectivity index (χ4v) is 2.55. The van der Waals surface area contributed by atoms with Crippen molar-refractivity contribution in [2.45, 2.75) is 18.6 Å². The summed E-state index contributed by atoms with van der Waals surface area (Å²) < 4.78 is 9.88. The molecule has 0 radical (unpaired) electrons. The molecule has 1 N–H and O–H groups in total. The summed E-state index contributed by atoms with van der Waals surface area (Å²) in [5.41, 5.74) is 0.825. The molecule has 0 bridgehead atoms. The van der Waals surface area contributed by atoms with Crippen molar-refractivity contribution in [1.82, 2.24) is 5.32 Å². The van der Waals surface area contributed by atoms with Crippen molar-refractivity contribution < 1.29 is 14.3 Å². The molecule has 1 saturated heterocycles. The number of carbonyl (C=O) groups excluding carboxylic acids is 1. The third-order valence-corrected chi connectivity index (χ3v) is 3.95. The second-order valence-corrected chi connectivity index (χ2v) is 6.44. The highest BCUT2D eigenvalue weighted by atomic mass is 32.2. The molecule has 21 heavy (non-hydrogen) atoms. The Balaban J connectivity index is 2.10. The van der Waals surface area contributed by atoms with Crippen LogP contribution in [0.5, 0.6) is 11.5 Å². The highest BCUT2D eigenvalue weighted by Crippen LogP contribution is 2.30. The standard InChI is InChI=1S/C14H17N3O3S/c1-14(2)12(18)16-13(21-14)17-15-8-9-5-6-10(19-3)11(7-9)20-4/h5-8H,1-4H3,(H,16,17,18)/b15-8-. The first-order valence-electron chi connectivity index (χ1n) is 6.30. The van der Waals surface area contributed by atoms with Gasteiger partial charge in [-0.1, -0.05) is 11.8 Å². The molecule has 2 rings (SSSR count). The molecule has 1 amide bonds. The first-order valence-corrected chi connectivity index (χ1v) is 7.11. The van der Waals surface area contributed by atoms with E-state index in [4.69, 9.17) is 9.47 Å². The van der Waals surface area contributed by atoms with Crippen molar-refractivity contribution in [3.05, 3.63) is 23.8 Å². The molecule has 0 aliphatic carbocycles. The van der Waals surface area contributed by atoms with E-state index in [0.717, 1.165) is 5.56 Å². The summed E-state index contributed by atoms with van der Waals surface area (Å²) >= 11 is 1.36. The van der Waals surface area contributed by atoms with Gasteiger partial charge in [-0.3, -0.25) is 4.79 Å². The van der Waals surface area contributed by atoms with Gasteiger partial charge in [-0.2, -0.15) is 5.10 Å². The summed E-state index contributed by atoms with van der Waals surface area (Å²) in [5, 5.41) is 11.2. The van der Waals surface area contributed by atoms with Crippen LogP contribution in [0.2, 0.25) is 0 Å². The maximum Gasteiger partial charge on any atom is 0.242 e. The SMILES string of the molecule is COc1ccc(/C=N\N=C2\NC(=O)C(C)(C)S2)cc1OC. The van der Waals surface area contributed by atoms with Gasteiger partial charge in [0.15, 0.2) is 16.7 Å². The minimum absolute atomic E-state index is 0.0624. The van der Waals surface area contributed by atoms with Gasteiger partial charge in [-0.05, 0) is 37.6 Å². The smallest absolute Gasteiger partial charge is 0.242 e. The largest absolute Gasteiger partial charge is 0.493 e. The van der Waals surface area contributed by atoms with Crippen LogP contribution in [0.3, 0.4) is 0 Å². The maximum atomic E-state index is 11.6. The first kappa shape index (κ1) is 15.4. The Hall–Kier alpha value is -2.02. The maximum absolute atomic E-state index is 11.6. The van der Waals surface area contributed by atoms with Gasteiger partial charge in [0.25, 0.3) is 0 Å². The molecule has 1 aromatic carbocycles. The second kappa shape index (κ2) is 6.17. The van der Waals surface area contributed by atoms with E-state index in [9.17, 15) is 4.79 Å². The zero-order valence-corrected chi connectivity index (χ0v) is 13.2. The van der Waals surface area contributed by atoms with Crippen LogP contribution in [0.25, 0.3) is 0 Å². The topological polar surface area (TPSA) is 72.3 Å². The zero-order chi connectivity index (χ0) is 15.5. The molecule has 7 heteroatoms. The van der Waals surface area contributed by atoms with Crippen LogP contribution in [-0.4, -0.2) is 36.3 Å². The van der Waals surface area contributed by atoms with Gasteiger partial charge in [0.05, 0.1) is 25.2 Å². The molecule has 1 heterocycles. The Labute approximate surface area is 127 Å². The number of amides is 1. The monoisotopic (exact) mass is 307 g/mol. The average molecular weight is 307 g/mol. The Morgan fingerprint density at radius 3 is 2.52 bits per heavy atom. The van der Waals surface area contributed by atoms with Crippen LogP contribution >= 0.6 is 11.8 Å². The molecule has 6 nitrogen and oxygen atoms in total. The van der Waals surface area contributed by atoms with Crippen LogP contribution < -0.4 is 14.8 Å². The normalized spacial score (nSPS) is 19.0. The van der Waals surface area contributed by atoms with Gasteiger partial charge < -0.3 is 14.8 Å². The van der Waals surface area contributed by atoms with Gasteiger partial charge in [0.2, 0.25) is 5.91 Å². The summed E-state index contributed by atoms with van der Waals surface area (Å²) in [6.07, 6.45) is 1.59. The number of nitrogens with one attached hydrogen (secondary N) is 1. The number of ether oxygens (including phenoxy) is 2. The highest BCUT2D eigenvalue weighted by molar-refractivity contribution is 8.16. The average Bonchev–Trinajstić information content (AvgIpc) is 2.71. The van der Waals surface area contributed by atoms with Crippen molar-refractivity contribution in [1.29, 1.82) is 0 Å². The Morgan fingerprint density at radius 1 is 1.24 bits per heavy atom. The van der Waals surface area contributed by atoms with E-state index in [1.165, 1.54) is 11.8 Å². The summed E-state index contributed by atoms with van der Waals surface area (Å²) in [6, 6.07) is 5.44. The molecule has 0 saturated carbocycles. The molecule has 0 spiro atoms. The van der Waals surface area contributed by atoms with Crippen molar-refractivity contribution in [2.75, 3.05) is 14.2 Å². The Kier molecular flexibility index (Phi) is 4.52. The minimum Gasteiger partial charge on any atom is -0.493 e. The van der Waals surface area contributed by atoms with Crippen molar-refractivity contribution in [2.24, 2.45) is 10.2 Å². The molecular formula is C14H17N3O3S. The molecule has 1 aromatic rings. The van der Waals surface area contributed by atoms with Gasteiger partial charge in [0, 0.05) is 0 Å². The van der Waals surface area contributed by atoms with Crippen LogP contribution in [0.4, 0.5) is 0 Å². The van der Waals surface area contributed by atoms with E-state index in [1.807, 2.05) is 19.9 Å². The molecule has 1 aliphatic rings. The summed E-state index contributed by atoms with van der Waals surface area (Å²) in [6.45, 7) is 3.68. The molecule has 0 aromatic heterocycles. The lowest BCUT2D eigenvalue weighted by atomic mass is 10.2. The van der Waals surface area contributed by atoms with Gasteiger partial charge in [-0.25, -0.2) is 0 Å². The summed E-state index contributed by atoms with van der Waals surface area (Å²) in [7, 11) is 3.16. The number of hydrogen-bond donors (Lipinski definition) is 1. The predicted molar refractivity (Wildman–Crippen MR) is 84.4 cm³/mol. The Bertz CT molecular complexity index is 611. The van der Waals surface area contributed by atoms with E-state index in [0.29, 0.717) is 16.7 Å². The van der Waals surface area contributed by atoms with E-state index in [-0.39, 0.29) is 5.91 Å². The lowest BCUT2D eigenvalue weighted by Crippen LogP contribution is -2.30. The molecule has 1 fully saturated rings. The fourth-order valence-electron chi connectivity index (χ4n) is 1.69. The van der Waals surface area contributed by atoms with Gasteiger partial charge in [-0.15, -0.1) is 5.10 Å². The van der Waals surface area contributed by atoms with Crippen LogP contribution in [0, 0.1) is 0 Å². The van der Waals surface area contributed by atoms with Crippen LogP contribution in [-0.2, 0) is 4.79 Å². The minimum atomic E-state index is -0.502. The number of amidine groups is 1. The van der Waals surface area contributed by atoms with E-state index >= 15 is 0 Å². The second-order valence-electron chi connectivity index (χ2n) is 4.83. The number of rotatable bonds is 4. The quantitative estimate of drug-likeness (QED) is 0.682.